The molecule has 2 atom stereocenters. The Hall–Kier alpha value is -3.01. The van der Waals surface area contributed by atoms with E-state index in [4.69, 9.17) is 20.6 Å². The van der Waals surface area contributed by atoms with Gasteiger partial charge in [0.1, 0.15) is 18.2 Å². The van der Waals surface area contributed by atoms with Crippen molar-refractivity contribution in [3.05, 3.63) is 35.9 Å². The third-order valence-corrected chi connectivity index (χ3v) is 3.39. The number of carbonyl (C=O) groups is 3. The van der Waals surface area contributed by atoms with Crippen LogP contribution in [-0.4, -0.2) is 36.8 Å². The molecule has 0 spiro atoms. The van der Waals surface area contributed by atoms with Gasteiger partial charge in [0.15, 0.2) is 0 Å². The molecular weight excluding hydrogens is 350 g/mol. The van der Waals surface area contributed by atoms with E-state index in [0.29, 0.717) is 0 Å². The highest BCUT2D eigenvalue weighted by atomic mass is 16.6. The molecule has 27 heavy (non-hydrogen) atoms. The average Bonchev–Trinajstić information content (AvgIpc) is 2.61. The molecule has 0 bridgehead atoms. The molecule has 0 radical (unpaired) electrons. The van der Waals surface area contributed by atoms with Gasteiger partial charge in [0.05, 0.1) is 13.0 Å². The Morgan fingerprint density at radius 2 is 1.78 bits per heavy atom. The maximum absolute atomic E-state index is 12.5. The summed E-state index contributed by atoms with van der Waals surface area (Å²) < 4.78 is 15.1. The molecule has 1 amide bonds. The van der Waals surface area contributed by atoms with E-state index in [1.807, 2.05) is 6.07 Å². The van der Waals surface area contributed by atoms with Gasteiger partial charge in [-0.05, 0) is 26.3 Å². The Morgan fingerprint density at radius 3 is 2.30 bits per heavy atom. The maximum atomic E-state index is 12.5. The minimum absolute atomic E-state index is 0.00570. The minimum atomic E-state index is -1.34. The van der Waals surface area contributed by atoms with Gasteiger partial charge in [-0.3, -0.25) is 4.79 Å². The van der Waals surface area contributed by atoms with Crippen molar-refractivity contribution in [1.82, 2.24) is 5.32 Å². The van der Waals surface area contributed by atoms with Crippen LogP contribution in [0.15, 0.2) is 30.3 Å². The van der Waals surface area contributed by atoms with Crippen molar-refractivity contribution >= 4 is 18.0 Å². The van der Waals surface area contributed by atoms with Crippen molar-refractivity contribution in [2.75, 3.05) is 7.11 Å². The molecular formula is C20H25NO6. The highest BCUT2D eigenvalue weighted by Crippen LogP contribution is 2.17. The number of carbonyl (C=O) groups excluding carboxylic acids is 3. The van der Waals surface area contributed by atoms with Crippen LogP contribution in [-0.2, 0) is 30.4 Å². The summed E-state index contributed by atoms with van der Waals surface area (Å²) in [5.41, 5.74) is -0.0449. The number of alkyl carbamates (subject to hydrolysis) is 1. The first-order valence-electron chi connectivity index (χ1n) is 8.39. The molecule has 1 aromatic rings. The summed E-state index contributed by atoms with van der Waals surface area (Å²) in [4.78, 5) is 36.8. The second kappa shape index (κ2) is 10.2. The number of hydrogen-bond donors (Lipinski definition) is 1. The Morgan fingerprint density at radius 1 is 1.15 bits per heavy atom. The molecule has 7 heteroatoms. The van der Waals surface area contributed by atoms with E-state index in [9.17, 15) is 14.4 Å². The lowest BCUT2D eigenvalue weighted by Crippen LogP contribution is -2.51. The second-order valence-electron chi connectivity index (χ2n) is 6.76. The zero-order valence-electron chi connectivity index (χ0n) is 16.0. The number of terminal acetylenes is 1. The van der Waals surface area contributed by atoms with Crippen LogP contribution in [0.5, 0.6) is 0 Å². The summed E-state index contributed by atoms with van der Waals surface area (Å²) in [6.45, 7) is 5.02. The predicted octanol–water partition coefficient (Wildman–Crippen LogP) is 2.44. The molecule has 0 aliphatic heterocycles. The molecule has 0 saturated heterocycles. The molecule has 0 unspecified atom stereocenters. The lowest BCUT2D eigenvalue weighted by Gasteiger charge is -2.27. The fourth-order valence-corrected chi connectivity index (χ4v) is 2.20. The number of amides is 1. The molecule has 0 aliphatic carbocycles. The van der Waals surface area contributed by atoms with Gasteiger partial charge in [-0.15, -0.1) is 12.3 Å². The number of benzene rings is 1. The molecule has 0 saturated carbocycles. The van der Waals surface area contributed by atoms with Crippen molar-refractivity contribution in [3.63, 3.8) is 0 Å². The normalized spacial score (nSPS) is 12.9. The fourth-order valence-electron chi connectivity index (χ4n) is 2.20. The van der Waals surface area contributed by atoms with Gasteiger partial charge in [-0.1, -0.05) is 30.3 Å². The van der Waals surface area contributed by atoms with E-state index in [1.165, 1.54) is 7.11 Å². The SMILES string of the molecule is C#CC[C@@H](C(=O)OC)[C@H](NC(=O)OCc1ccccc1)C(=O)OC(C)(C)C. The van der Waals surface area contributed by atoms with E-state index in [-0.39, 0.29) is 13.0 Å². The quantitative estimate of drug-likeness (QED) is 0.447. The Bertz CT molecular complexity index is 687. The molecule has 1 N–H and O–H groups in total. The summed E-state index contributed by atoms with van der Waals surface area (Å²) in [6, 6.07) is 7.68. The van der Waals surface area contributed by atoms with Crippen molar-refractivity contribution in [2.45, 2.75) is 45.4 Å². The molecule has 0 aliphatic rings. The van der Waals surface area contributed by atoms with Gasteiger partial charge in [-0.2, -0.15) is 0 Å². The van der Waals surface area contributed by atoms with Gasteiger partial charge >= 0.3 is 18.0 Å². The third-order valence-electron chi connectivity index (χ3n) is 3.39. The van der Waals surface area contributed by atoms with Crippen LogP contribution in [0.2, 0.25) is 0 Å². The molecule has 0 fully saturated rings. The number of ether oxygens (including phenoxy) is 3. The highest BCUT2D eigenvalue weighted by Gasteiger charge is 2.38. The summed E-state index contributed by atoms with van der Waals surface area (Å²) in [6.07, 6.45) is 4.31. The topological polar surface area (TPSA) is 90.9 Å². The van der Waals surface area contributed by atoms with Gasteiger partial charge in [-0.25, -0.2) is 9.59 Å². The van der Waals surface area contributed by atoms with Crippen LogP contribution in [0.25, 0.3) is 0 Å². The third kappa shape index (κ3) is 7.82. The van der Waals surface area contributed by atoms with E-state index < -0.39 is 35.6 Å². The van der Waals surface area contributed by atoms with Crippen molar-refractivity contribution < 1.29 is 28.6 Å². The van der Waals surface area contributed by atoms with Crippen molar-refractivity contribution in [3.8, 4) is 12.3 Å². The van der Waals surface area contributed by atoms with E-state index in [0.717, 1.165) is 5.56 Å². The van der Waals surface area contributed by atoms with E-state index >= 15 is 0 Å². The Balaban J connectivity index is 2.91. The highest BCUT2D eigenvalue weighted by molar-refractivity contribution is 5.88. The smallest absolute Gasteiger partial charge is 0.408 e. The summed E-state index contributed by atoms with van der Waals surface area (Å²) in [7, 11) is 1.17. The predicted molar refractivity (Wildman–Crippen MR) is 98.4 cm³/mol. The average molecular weight is 375 g/mol. The first-order chi connectivity index (χ1) is 12.7. The largest absolute Gasteiger partial charge is 0.469 e. The number of esters is 2. The zero-order chi connectivity index (χ0) is 20.4. The Kier molecular flexibility index (Phi) is 8.34. The van der Waals surface area contributed by atoms with Crippen LogP contribution in [0.3, 0.4) is 0 Å². The summed E-state index contributed by atoms with van der Waals surface area (Å²) in [5, 5.41) is 2.38. The van der Waals surface area contributed by atoms with E-state index in [2.05, 4.69) is 11.2 Å². The molecule has 0 heterocycles. The number of methoxy groups -OCH3 is 1. The lowest BCUT2D eigenvalue weighted by molar-refractivity contribution is -0.163. The van der Waals surface area contributed by atoms with Crippen molar-refractivity contribution in [1.29, 1.82) is 0 Å². The fraction of sp³-hybridized carbons (Fsp3) is 0.450. The Labute approximate surface area is 159 Å². The first-order valence-corrected chi connectivity index (χ1v) is 8.39. The zero-order valence-corrected chi connectivity index (χ0v) is 16.0. The second-order valence-corrected chi connectivity index (χ2v) is 6.76. The van der Waals surface area contributed by atoms with Crippen LogP contribution in [0, 0.1) is 18.3 Å². The van der Waals surface area contributed by atoms with Crippen LogP contribution < -0.4 is 5.32 Å². The standard InChI is InChI=1S/C20H25NO6/c1-6-10-15(17(22)25-5)16(18(23)27-20(2,3)4)21-19(24)26-13-14-11-8-7-9-12-14/h1,7-9,11-12,15-16H,10,13H2,2-5H3,(H,21,24)/t15-,16+/m1/s1. The molecule has 1 rings (SSSR count). The molecule has 1 aromatic carbocycles. The first kappa shape index (κ1) is 22.0. The summed E-state index contributed by atoms with van der Waals surface area (Å²) >= 11 is 0. The van der Waals surface area contributed by atoms with Crippen molar-refractivity contribution in [2.24, 2.45) is 5.92 Å². The molecule has 7 nitrogen and oxygen atoms in total. The number of rotatable bonds is 7. The lowest BCUT2D eigenvalue weighted by atomic mass is 9.96. The molecule has 146 valence electrons. The van der Waals surface area contributed by atoms with Crippen LogP contribution in [0.4, 0.5) is 4.79 Å². The van der Waals surface area contributed by atoms with Gasteiger partial charge in [0.25, 0.3) is 0 Å². The van der Waals surface area contributed by atoms with Gasteiger partial charge in [0, 0.05) is 6.42 Å². The molecule has 0 aromatic heterocycles. The number of nitrogens with one attached hydrogen (secondary N) is 1. The maximum Gasteiger partial charge on any atom is 0.408 e. The van der Waals surface area contributed by atoms with E-state index in [1.54, 1.807) is 45.0 Å². The van der Waals surface area contributed by atoms with Gasteiger partial charge in [0.2, 0.25) is 0 Å². The van der Waals surface area contributed by atoms with Gasteiger partial charge < -0.3 is 19.5 Å². The minimum Gasteiger partial charge on any atom is -0.469 e. The van der Waals surface area contributed by atoms with Crippen LogP contribution in [0.1, 0.15) is 32.8 Å². The van der Waals surface area contributed by atoms with Crippen LogP contribution >= 0.6 is 0 Å². The monoisotopic (exact) mass is 375 g/mol. The summed E-state index contributed by atoms with van der Waals surface area (Å²) in [5.74, 6) is -0.317. The number of hydrogen-bond acceptors (Lipinski definition) is 6.